The predicted octanol–water partition coefficient (Wildman–Crippen LogP) is 3.80. The number of carbonyl (C=O) groups excluding carboxylic acids is 1. The quantitative estimate of drug-likeness (QED) is 0.748. The van der Waals surface area contributed by atoms with Gasteiger partial charge in [0.25, 0.3) is 0 Å². The Morgan fingerprint density at radius 1 is 1.30 bits per heavy atom. The maximum atomic E-state index is 12.2. The SMILES string of the molecule is CCOc1ccc(C(=O)CCN2CCCCC2)cc1Cl. The zero-order valence-corrected chi connectivity index (χ0v) is 12.8. The number of carbonyl (C=O) groups is 1. The molecule has 0 aliphatic carbocycles. The fourth-order valence-electron chi connectivity index (χ4n) is 2.53. The lowest BCUT2D eigenvalue weighted by atomic mass is 10.1. The van der Waals surface area contributed by atoms with Crippen molar-refractivity contribution in [2.45, 2.75) is 32.6 Å². The Labute approximate surface area is 125 Å². The molecule has 3 nitrogen and oxygen atoms in total. The summed E-state index contributed by atoms with van der Waals surface area (Å²) in [7, 11) is 0. The van der Waals surface area contributed by atoms with E-state index in [4.69, 9.17) is 16.3 Å². The lowest BCUT2D eigenvalue weighted by molar-refractivity contribution is 0.0958. The van der Waals surface area contributed by atoms with Crippen molar-refractivity contribution in [1.82, 2.24) is 4.90 Å². The number of ketones is 1. The van der Waals surface area contributed by atoms with Gasteiger partial charge in [-0.1, -0.05) is 18.0 Å². The minimum atomic E-state index is 0.153. The highest BCUT2D eigenvalue weighted by molar-refractivity contribution is 6.32. The molecular weight excluding hydrogens is 274 g/mol. The Bertz CT molecular complexity index is 456. The van der Waals surface area contributed by atoms with Crippen LogP contribution in [-0.2, 0) is 0 Å². The van der Waals surface area contributed by atoms with E-state index in [-0.39, 0.29) is 5.78 Å². The summed E-state index contributed by atoms with van der Waals surface area (Å²) in [5, 5.41) is 0.510. The van der Waals surface area contributed by atoms with Crippen LogP contribution in [0.5, 0.6) is 5.75 Å². The van der Waals surface area contributed by atoms with Crippen LogP contribution in [0.1, 0.15) is 43.0 Å². The lowest BCUT2D eigenvalue weighted by Crippen LogP contribution is -2.31. The fraction of sp³-hybridized carbons (Fsp3) is 0.562. The van der Waals surface area contributed by atoms with Gasteiger partial charge in [0.1, 0.15) is 5.75 Å². The highest BCUT2D eigenvalue weighted by atomic mass is 35.5. The van der Waals surface area contributed by atoms with Crippen molar-refractivity contribution in [3.8, 4) is 5.75 Å². The first-order chi connectivity index (χ1) is 9.70. The number of halogens is 1. The third-order valence-corrected chi connectivity index (χ3v) is 3.95. The first-order valence-corrected chi connectivity index (χ1v) is 7.76. The largest absolute Gasteiger partial charge is 0.492 e. The second kappa shape index (κ2) is 7.65. The smallest absolute Gasteiger partial charge is 0.164 e. The number of hydrogen-bond acceptors (Lipinski definition) is 3. The second-order valence-electron chi connectivity index (χ2n) is 5.15. The minimum absolute atomic E-state index is 0.153. The molecule has 20 heavy (non-hydrogen) atoms. The Balaban J connectivity index is 1.89. The molecule has 1 aromatic carbocycles. The molecule has 1 heterocycles. The maximum Gasteiger partial charge on any atom is 0.164 e. The van der Waals surface area contributed by atoms with Gasteiger partial charge in [-0.05, 0) is 51.1 Å². The topological polar surface area (TPSA) is 29.5 Å². The van der Waals surface area contributed by atoms with Gasteiger partial charge in [0.15, 0.2) is 5.78 Å². The average molecular weight is 296 g/mol. The molecule has 110 valence electrons. The van der Waals surface area contributed by atoms with Crippen LogP contribution in [0, 0.1) is 0 Å². The molecule has 0 saturated carbocycles. The van der Waals surface area contributed by atoms with Gasteiger partial charge >= 0.3 is 0 Å². The summed E-state index contributed by atoms with van der Waals surface area (Å²) >= 11 is 6.11. The molecule has 0 bridgehead atoms. The number of hydrogen-bond donors (Lipinski definition) is 0. The molecule has 1 saturated heterocycles. The van der Waals surface area contributed by atoms with Crippen LogP contribution in [0.3, 0.4) is 0 Å². The molecule has 0 spiro atoms. The molecule has 1 fully saturated rings. The van der Waals surface area contributed by atoms with Crippen molar-refractivity contribution in [1.29, 1.82) is 0 Å². The van der Waals surface area contributed by atoms with Crippen LogP contribution in [0.15, 0.2) is 18.2 Å². The molecular formula is C16H22ClNO2. The molecule has 4 heteroatoms. The lowest BCUT2D eigenvalue weighted by Gasteiger charge is -2.25. The van der Waals surface area contributed by atoms with E-state index in [1.807, 2.05) is 6.92 Å². The summed E-state index contributed by atoms with van der Waals surface area (Å²) in [4.78, 5) is 14.6. The summed E-state index contributed by atoms with van der Waals surface area (Å²) in [5.74, 6) is 0.794. The molecule has 0 unspecified atom stereocenters. The van der Waals surface area contributed by atoms with Crippen molar-refractivity contribution in [2.75, 3.05) is 26.2 Å². The Kier molecular flexibility index (Phi) is 5.86. The van der Waals surface area contributed by atoms with E-state index in [0.29, 0.717) is 29.4 Å². The van der Waals surface area contributed by atoms with E-state index in [2.05, 4.69) is 4.90 Å². The van der Waals surface area contributed by atoms with Crippen molar-refractivity contribution in [2.24, 2.45) is 0 Å². The zero-order chi connectivity index (χ0) is 14.4. The number of ether oxygens (including phenoxy) is 1. The highest BCUT2D eigenvalue weighted by Crippen LogP contribution is 2.26. The van der Waals surface area contributed by atoms with Gasteiger partial charge in [0, 0.05) is 18.5 Å². The fourth-order valence-corrected chi connectivity index (χ4v) is 2.77. The molecule has 1 aromatic rings. The summed E-state index contributed by atoms with van der Waals surface area (Å²) < 4.78 is 5.38. The normalized spacial score (nSPS) is 16.1. The summed E-state index contributed by atoms with van der Waals surface area (Å²) in [5.41, 5.74) is 0.676. The third kappa shape index (κ3) is 4.22. The summed E-state index contributed by atoms with van der Waals surface area (Å²) in [6.07, 6.45) is 4.38. The van der Waals surface area contributed by atoms with Crippen LogP contribution in [0.2, 0.25) is 5.02 Å². The van der Waals surface area contributed by atoms with E-state index in [1.54, 1.807) is 18.2 Å². The molecule has 0 N–H and O–H groups in total. The van der Waals surface area contributed by atoms with E-state index >= 15 is 0 Å². The van der Waals surface area contributed by atoms with Gasteiger partial charge in [0.05, 0.1) is 11.6 Å². The minimum Gasteiger partial charge on any atom is -0.492 e. The standard InChI is InChI=1S/C16H22ClNO2/c1-2-20-16-7-6-13(12-14(16)17)15(19)8-11-18-9-4-3-5-10-18/h6-7,12H,2-5,8-11H2,1H3. The average Bonchev–Trinajstić information content (AvgIpc) is 2.48. The Morgan fingerprint density at radius 2 is 2.05 bits per heavy atom. The van der Waals surface area contributed by atoms with E-state index in [1.165, 1.54) is 19.3 Å². The molecule has 0 atom stereocenters. The summed E-state index contributed by atoms with van der Waals surface area (Å²) in [6, 6.07) is 5.29. The van der Waals surface area contributed by atoms with Gasteiger partial charge in [-0.2, -0.15) is 0 Å². The molecule has 0 amide bonds. The first-order valence-electron chi connectivity index (χ1n) is 7.38. The summed E-state index contributed by atoms with van der Waals surface area (Å²) in [6.45, 7) is 5.58. The van der Waals surface area contributed by atoms with E-state index in [9.17, 15) is 4.79 Å². The van der Waals surface area contributed by atoms with Crippen LogP contribution in [0.25, 0.3) is 0 Å². The molecule has 0 aromatic heterocycles. The van der Waals surface area contributed by atoms with Crippen molar-refractivity contribution in [3.63, 3.8) is 0 Å². The first kappa shape index (κ1) is 15.3. The molecule has 2 rings (SSSR count). The number of Topliss-reactive ketones (excluding diaryl/α,β-unsaturated/α-hetero) is 1. The van der Waals surface area contributed by atoms with Gasteiger partial charge in [0.2, 0.25) is 0 Å². The highest BCUT2D eigenvalue weighted by Gasteiger charge is 2.14. The van der Waals surface area contributed by atoms with Crippen LogP contribution < -0.4 is 4.74 Å². The van der Waals surface area contributed by atoms with Gasteiger partial charge < -0.3 is 9.64 Å². The Hall–Kier alpha value is -1.06. The van der Waals surface area contributed by atoms with Crippen LogP contribution >= 0.6 is 11.6 Å². The zero-order valence-electron chi connectivity index (χ0n) is 12.0. The van der Waals surface area contributed by atoms with Gasteiger partial charge in [-0.3, -0.25) is 4.79 Å². The van der Waals surface area contributed by atoms with Crippen LogP contribution in [0.4, 0.5) is 0 Å². The molecule has 0 radical (unpaired) electrons. The predicted molar refractivity (Wildman–Crippen MR) is 81.9 cm³/mol. The van der Waals surface area contributed by atoms with Gasteiger partial charge in [-0.15, -0.1) is 0 Å². The Morgan fingerprint density at radius 3 is 2.70 bits per heavy atom. The number of likely N-dealkylation sites (tertiary alicyclic amines) is 1. The monoisotopic (exact) mass is 295 g/mol. The number of rotatable bonds is 6. The van der Waals surface area contributed by atoms with E-state index in [0.717, 1.165) is 19.6 Å². The van der Waals surface area contributed by atoms with Crippen molar-refractivity contribution >= 4 is 17.4 Å². The number of benzene rings is 1. The number of piperidine rings is 1. The van der Waals surface area contributed by atoms with Crippen LogP contribution in [-0.4, -0.2) is 36.9 Å². The molecule has 1 aliphatic rings. The van der Waals surface area contributed by atoms with Crippen molar-refractivity contribution in [3.05, 3.63) is 28.8 Å². The van der Waals surface area contributed by atoms with E-state index < -0.39 is 0 Å². The third-order valence-electron chi connectivity index (χ3n) is 3.66. The van der Waals surface area contributed by atoms with Gasteiger partial charge in [-0.25, -0.2) is 0 Å². The molecule has 1 aliphatic heterocycles. The number of nitrogens with zero attached hydrogens (tertiary/aromatic N) is 1. The van der Waals surface area contributed by atoms with Crippen molar-refractivity contribution < 1.29 is 9.53 Å². The maximum absolute atomic E-state index is 12.2. The second-order valence-corrected chi connectivity index (χ2v) is 5.56.